The van der Waals surface area contributed by atoms with E-state index in [-0.39, 0.29) is 18.3 Å². The van der Waals surface area contributed by atoms with Crippen LogP contribution in [-0.4, -0.2) is 44.4 Å². The number of carbonyl (C=O) groups is 1. The SMILES string of the molecule is O=C(Nc1cc(-c2cc(OCCCCCO)ccc2Cl)ccn1)c1nnc(CC2CCCCC2)[nH]1. The number of nitrogens with zero attached hydrogens (tertiary/aromatic N) is 3. The fourth-order valence-electron chi connectivity index (χ4n) is 4.39. The van der Waals surface area contributed by atoms with E-state index < -0.39 is 0 Å². The number of unbranched alkanes of at least 4 members (excludes halogenated alkanes) is 2. The average Bonchev–Trinajstić information content (AvgIpc) is 3.34. The summed E-state index contributed by atoms with van der Waals surface area (Å²) in [4.78, 5) is 20.1. The van der Waals surface area contributed by atoms with Crippen molar-refractivity contribution < 1.29 is 14.6 Å². The third-order valence-corrected chi connectivity index (χ3v) is 6.61. The molecule has 2 aromatic heterocycles. The van der Waals surface area contributed by atoms with Crippen LogP contribution in [0.3, 0.4) is 0 Å². The number of aliphatic hydroxyl groups is 1. The number of ether oxygens (including phenoxy) is 1. The van der Waals surface area contributed by atoms with Crippen LogP contribution in [0, 0.1) is 5.92 Å². The lowest BCUT2D eigenvalue weighted by molar-refractivity contribution is 0.101. The number of halogens is 1. The zero-order chi connectivity index (χ0) is 24.5. The van der Waals surface area contributed by atoms with Gasteiger partial charge in [-0.1, -0.05) is 43.7 Å². The van der Waals surface area contributed by atoms with Gasteiger partial charge in [-0.15, -0.1) is 10.2 Å². The molecule has 1 aliphatic carbocycles. The minimum Gasteiger partial charge on any atom is -0.494 e. The first-order chi connectivity index (χ1) is 17.1. The minimum absolute atomic E-state index is 0.178. The maximum Gasteiger partial charge on any atom is 0.294 e. The van der Waals surface area contributed by atoms with Gasteiger partial charge in [-0.05, 0) is 61.1 Å². The van der Waals surface area contributed by atoms with E-state index in [0.29, 0.717) is 29.1 Å². The number of rotatable bonds is 11. The van der Waals surface area contributed by atoms with E-state index in [2.05, 4.69) is 25.5 Å². The number of aromatic amines is 1. The summed E-state index contributed by atoms with van der Waals surface area (Å²) in [5.74, 6) is 2.26. The topological polar surface area (TPSA) is 113 Å². The molecule has 2 heterocycles. The molecule has 0 unspecified atom stereocenters. The number of benzene rings is 1. The molecule has 186 valence electrons. The number of nitrogens with one attached hydrogen (secondary N) is 2. The molecule has 1 fully saturated rings. The standard InChI is InChI=1S/C26H32ClN5O3/c27-22-10-9-20(35-14-6-2-5-13-33)17-21(22)19-11-12-28-23(16-19)30-26(34)25-29-24(31-32-25)15-18-7-3-1-4-8-18/h9-12,16-18,33H,1-8,13-15H2,(H,28,30,34)(H,29,31,32). The lowest BCUT2D eigenvalue weighted by Gasteiger charge is -2.19. The van der Waals surface area contributed by atoms with E-state index in [9.17, 15) is 4.79 Å². The molecular weight excluding hydrogens is 466 g/mol. The van der Waals surface area contributed by atoms with Gasteiger partial charge in [0.1, 0.15) is 17.4 Å². The van der Waals surface area contributed by atoms with Gasteiger partial charge in [-0.2, -0.15) is 0 Å². The molecular formula is C26H32ClN5O3. The van der Waals surface area contributed by atoms with Crippen LogP contribution in [0.2, 0.25) is 5.02 Å². The Morgan fingerprint density at radius 1 is 1.11 bits per heavy atom. The van der Waals surface area contributed by atoms with Crippen molar-refractivity contribution in [1.82, 2.24) is 20.2 Å². The Hall–Kier alpha value is -2.97. The molecule has 0 spiro atoms. The Balaban J connectivity index is 1.39. The van der Waals surface area contributed by atoms with Crippen LogP contribution in [0.15, 0.2) is 36.5 Å². The third kappa shape index (κ3) is 7.26. The second-order valence-corrected chi connectivity index (χ2v) is 9.39. The minimum atomic E-state index is -0.386. The number of aromatic nitrogens is 4. The van der Waals surface area contributed by atoms with Crippen LogP contribution in [0.5, 0.6) is 5.75 Å². The smallest absolute Gasteiger partial charge is 0.294 e. The highest BCUT2D eigenvalue weighted by Gasteiger charge is 2.18. The second kappa shape index (κ2) is 12.7. The second-order valence-electron chi connectivity index (χ2n) is 8.99. The average molecular weight is 498 g/mol. The molecule has 8 nitrogen and oxygen atoms in total. The Labute approximate surface area is 210 Å². The van der Waals surface area contributed by atoms with Gasteiger partial charge in [0.25, 0.3) is 5.91 Å². The van der Waals surface area contributed by atoms with Crippen LogP contribution in [0.4, 0.5) is 5.82 Å². The van der Waals surface area contributed by atoms with Gasteiger partial charge in [-0.3, -0.25) is 4.79 Å². The van der Waals surface area contributed by atoms with Crippen molar-refractivity contribution in [2.75, 3.05) is 18.5 Å². The van der Waals surface area contributed by atoms with Crippen molar-refractivity contribution >= 4 is 23.3 Å². The maximum atomic E-state index is 12.7. The summed E-state index contributed by atoms with van der Waals surface area (Å²) in [6.45, 7) is 0.767. The first kappa shape index (κ1) is 25.1. The van der Waals surface area contributed by atoms with Crippen molar-refractivity contribution in [3.63, 3.8) is 0 Å². The molecule has 1 saturated carbocycles. The van der Waals surface area contributed by atoms with Gasteiger partial charge < -0.3 is 20.1 Å². The molecule has 1 aromatic carbocycles. The summed E-state index contributed by atoms with van der Waals surface area (Å²) in [7, 11) is 0. The number of H-pyrrole nitrogens is 1. The molecule has 4 rings (SSSR count). The van der Waals surface area contributed by atoms with Crippen LogP contribution < -0.4 is 10.1 Å². The van der Waals surface area contributed by atoms with Crippen LogP contribution >= 0.6 is 11.6 Å². The van der Waals surface area contributed by atoms with Gasteiger partial charge in [0, 0.05) is 29.8 Å². The number of aliphatic hydroxyl groups excluding tert-OH is 1. The van der Waals surface area contributed by atoms with Gasteiger partial charge in [-0.25, -0.2) is 4.98 Å². The van der Waals surface area contributed by atoms with Gasteiger partial charge in [0.2, 0.25) is 5.82 Å². The summed E-state index contributed by atoms with van der Waals surface area (Å²) >= 11 is 6.46. The van der Waals surface area contributed by atoms with Crippen molar-refractivity contribution in [3.8, 4) is 16.9 Å². The highest BCUT2D eigenvalue weighted by Crippen LogP contribution is 2.32. The quantitative estimate of drug-likeness (QED) is 0.304. The predicted octanol–water partition coefficient (Wildman–Crippen LogP) is 5.44. The molecule has 0 atom stereocenters. The number of hydrogen-bond donors (Lipinski definition) is 3. The predicted molar refractivity (Wildman–Crippen MR) is 136 cm³/mol. The van der Waals surface area contributed by atoms with E-state index in [1.807, 2.05) is 18.2 Å². The summed E-state index contributed by atoms with van der Waals surface area (Å²) in [5.41, 5.74) is 1.59. The number of hydrogen-bond acceptors (Lipinski definition) is 6. The van der Waals surface area contributed by atoms with Crippen molar-refractivity contribution in [3.05, 3.63) is 53.2 Å². The zero-order valence-electron chi connectivity index (χ0n) is 19.8. The van der Waals surface area contributed by atoms with E-state index in [0.717, 1.165) is 42.6 Å². The Morgan fingerprint density at radius 2 is 1.97 bits per heavy atom. The maximum absolute atomic E-state index is 12.7. The van der Waals surface area contributed by atoms with Crippen molar-refractivity contribution in [1.29, 1.82) is 0 Å². The van der Waals surface area contributed by atoms with Gasteiger partial charge >= 0.3 is 0 Å². The number of carbonyl (C=O) groups excluding carboxylic acids is 1. The zero-order valence-corrected chi connectivity index (χ0v) is 20.6. The molecule has 0 aliphatic heterocycles. The van der Waals surface area contributed by atoms with Crippen molar-refractivity contribution in [2.24, 2.45) is 5.92 Å². The summed E-state index contributed by atoms with van der Waals surface area (Å²) in [6.07, 6.45) is 11.2. The number of anilines is 1. The molecule has 1 amide bonds. The fraction of sp³-hybridized carbons (Fsp3) is 0.462. The molecule has 0 saturated heterocycles. The van der Waals surface area contributed by atoms with E-state index in [1.165, 1.54) is 32.1 Å². The van der Waals surface area contributed by atoms with E-state index in [4.69, 9.17) is 21.4 Å². The Kier molecular flexibility index (Phi) is 9.08. The van der Waals surface area contributed by atoms with E-state index in [1.54, 1.807) is 18.3 Å². The highest BCUT2D eigenvalue weighted by molar-refractivity contribution is 6.33. The largest absolute Gasteiger partial charge is 0.494 e. The number of pyridine rings is 1. The van der Waals surface area contributed by atoms with Crippen LogP contribution in [-0.2, 0) is 6.42 Å². The summed E-state index contributed by atoms with van der Waals surface area (Å²) in [5, 5.41) is 20.5. The lowest BCUT2D eigenvalue weighted by atomic mass is 9.87. The summed E-state index contributed by atoms with van der Waals surface area (Å²) < 4.78 is 5.83. The third-order valence-electron chi connectivity index (χ3n) is 6.28. The van der Waals surface area contributed by atoms with Crippen LogP contribution in [0.1, 0.15) is 67.8 Å². The molecule has 1 aliphatic rings. The summed E-state index contributed by atoms with van der Waals surface area (Å²) in [6, 6.07) is 9.10. The Morgan fingerprint density at radius 3 is 2.80 bits per heavy atom. The van der Waals surface area contributed by atoms with Crippen molar-refractivity contribution in [2.45, 2.75) is 57.8 Å². The normalized spacial score (nSPS) is 14.1. The lowest BCUT2D eigenvalue weighted by Crippen LogP contribution is -2.15. The van der Waals surface area contributed by atoms with Gasteiger partial charge in [0.05, 0.1) is 6.61 Å². The molecule has 3 N–H and O–H groups in total. The highest BCUT2D eigenvalue weighted by atomic mass is 35.5. The first-order valence-corrected chi connectivity index (χ1v) is 12.7. The monoisotopic (exact) mass is 497 g/mol. The van der Waals surface area contributed by atoms with Crippen LogP contribution in [0.25, 0.3) is 11.1 Å². The molecule has 9 heteroatoms. The van der Waals surface area contributed by atoms with Gasteiger partial charge in [0.15, 0.2) is 0 Å². The molecule has 35 heavy (non-hydrogen) atoms. The first-order valence-electron chi connectivity index (χ1n) is 12.3. The fourth-order valence-corrected chi connectivity index (χ4v) is 4.62. The molecule has 3 aromatic rings. The number of amides is 1. The van der Waals surface area contributed by atoms with E-state index >= 15 is 0 Å². The Bertz CT molecular complexity index is 1110. The molecule has 0 radical (unpaired) electrons. The molecule has 0 bridgehead atoms.